The van der Waals surface area contributed by atoms with Crippen molar-refractivity contribution in [2.75, 3.05) is 0 Å². The fourth-order valence-corrected chi connectivity index (χ4v) is 10.6. The topological polar surface area (TPSA) is 0 Å². The van der Waals surface area contributed by atoms with E-state index in [0.29, 0.717) is 0 Å². The molecular weight excluding hydrogens is 400 g/mol. The van der Waals surface area contributed by atoms with Crippen LogP contribution in [0.4, 0.5) is 0 Å². The summed E-state index contributed by atoms with van der Waals surface area (Å²) in [5, 5.41) is 11.2. The van der Waals surface area contributed by atoms with Gasteiger partial charge < -0.3 is 0 Å². The van der Waals surface area contributed by atoms with Crippen molar-refractivity contribution in [3.8, 4) is 0 Å². The molecule has 32 heavy (non-hydrogen) atoms. The summed E-state index contributed by atoms with van der Waals surface area (Å²) < 4.78 is 0. The van der Waals surface area contributed by atoms with Gasteiger partial charge in [0.05, 0.1) is 0 Å². The molecular formula is C31H23Si-. The summed E-state index contributed by atoms with van der Waals surface area (Å²) in [5.41, 5.74) is 0. The van der Waals surface area contributed by atoms with Crippen LogP contribution < -0.4 is 20.7 Å². The molecule has 0 saturated heterocycles. The van der Waals surface area contributed by atoms with E-state index in [1.54, 1.807) is 0 Å². The van der Waals surface area contributed by atoms with Crippen molar-refractivity contribution < 1.29 is 0 Å². The van der Waals surface area contributed by atoms with E-state index in [-0.39, 0.29) is 0 Å². The number of rotatable bonds is 4. The molecule has 0 fully saturated rings. The lowest BCUT2D eigenvalue weighted by Crippen LogP contribution is -2.74. The molecule has 0 saturated carbocycles. The number of benzene rings is 5. The second-order valence-corrected chi connectivity index (χ2v) is 12.0. The Balaban J connectivity index is 1.89. The van der Waals surface area contributed by atoms with Crippen molar-refractivity contribution in [3.63, 3.8) is 0 Å². The van der Waals surface area contributed by atoms with E-state index in [9.17, 15) is 0 Å². The average molecular weight is 424 g/mol. The standard InChI is InChI=1S/C31H23Si/c1-4-14-24(15-5-1)32(25-16-6-2-7-17-25,26-18-8-3-9-19-26)31-29-22-12-10-20-27(29)28-21-11-13-23-30(28)31/h1-23H/q-1. The number of hydrogen-bond donors (Lipinski definition) is 0. The van der Waals surface area contributed by atoms with Gasteiger partial charge in [0.1, 0.15) is 8.07 Å². The highest BCUT2D eigenvalue weighted by Gasteiger charge is 2.40. The van der Waals surface area contributed by atoms with Gasteiger partial charge in [-0.15, -0.1) is 38.9 Å². The molecule has 0 amide bonds. The second kappa shape index (κ2) is 7.71. The van der Waals surface area contributed by atoms with Crippen molar-refractivity contribution in [2.45, 2.75) is 0 Å². The summed E-state index contributed by atoms with van der Waals surface area (Å²) in [4.78, 5) is 0. The van der Waals surface area contributed by atoms with Gasteiger partial charge in [0.2, 0.25) is 0 Å². The minimum Gasteiger partial charge on any atom is -0.121 e. The van der Waals surface area contributed by atoms with Gasteiger partial charge in [-0.2, -0.15) is 0 Å². The Morgan fingerprint density at radius 1 is 0.344 bits per heavy atom. The van der Waals surface area contributed by atoms with Gasteiger partial charge in [0, 0.05) is 0 Å². The zero-order valence-electron chi connectivity index (χ0n) is 17.8. The van der Waals surface area contributed by atoms with E-state index in [2.05, 4.69) is 140 Å². The van der Waals surface area contributed by atoms with Gasteiger partial charge in [-0.05, 0) is 0 Å². The Kier molecular flexibility index (Phi) is 4.56. The largest absolute Gasteiger partial charge is 0.142 e. The molecule has 0 nitrogen and oxygen atoms in total. The predicted molar refractivity (Wildman–Crippen MR) is 141 cm³/mol. The van der Waals surface area contributed by atoms with Gasteiger partial charge >= 0.3 is 0 Å². The first-order valence-electron chi connectivity index (χ1n) is 11.1. The van der Waals surface area contributed by atoms with Crippen LogP contribution in [0.15, 0.2) is 140 Å². The van der Waals surface area contributed by atoms with E-state index in [1.165, 1.54) is 42.3 Å². The highest BCUT2D eigenvalue weighted by atomic mass is 28.3. The summed E-state index contributed by atoms with van der Waals surface area (Å²) in [6.45, 7) is 0. The van der Waals surface area contributed by atoms with Crippen molar-refractivity contribution in [3.05, 3.63) is 140 Å². The van der Waals surface area contributed by atoms with Gasteiger partial charge in [-0.25, -0.2) is 0 Å². The molecule has 0 aliphatic heterocycles. The second-order valence-electron chi connectivity index (χ2n) is 8.31. The predicted octanol–water partition coefficient (Wildman–Crippen LogP) is 5.09. The van der Waals surface area contributed by atoms with Crippen LogP contribution in [-0.4, -0.2) is 8.07 Å². The Hall–Kier alpha value is -3.81. The molecule has 6 aromatic carbocycles. The van der Waals surface area contributed by atoms with E-state index in [4.69, 9.17) is 0 Å². The molecule has 0 spiro atoms. The zero-order valence-corrected chi connectivity index (χ0v) is 18.8. The quantitative estimate of drug-likeness (QED) is 0.210. The van der Waals surface area contributed by atoms with Crippen molar-refractivity contribution >= 4 is 50.4 Å². The highest BCUT2D eigenvalue weighted by molar-refractivity contribution is 7.21. The number of hydrogen-bond acceptors (Lipinski definition) is 0. The third kappa shape index (κ3) is 2.72. The zero-order chi connectivity index (χ0) is 21.4. The molecule has 0 N–H and O–H groups in total. The molecule has 0 aliphatic carbocycles. The Morgan fingerprint density at radius 3 is 1.03 bits per heavy atom. The van der Waals surface area contributed by atoms with E-state index in [0.717, 1.165) is 0 Å². The molecule has 6 rings (SSSR count). The SMILES string of the molecule is c1ccc([Si](c2ccccc2)(c2ccccc2)[c-]2c3ccccc3c3ccccc32)cc1. The smallest absolute Gasteiger partial charge is 0.121 e. The maximum Gasteiger partial charge on any atom is 0.142 e. The van der Waals surface area contributed by atoms with Gasteiger partial charge in [0.15, 0.2) is 0 Å². The van der Waals surface area contributed by atoms with Crippen molar-refractivity contribution in [1.82, 2.24) is 0 Å². The van der Waals surface area contributed by atoms with Crippen molar-refractivity contribution in [1.29, 1.82) is 0 Å². The lowest BCUT2D eigenvalue weighted by Gasteiger charge is -2.38. The summed E-state index contributed by atoms with van der Waals surface area (Å²) in [6, 6.07) is 51.4. The fraction of sp³-hybridized carbons (Fsp3) is 0. The van der Waals surface area contributed by atoms with Gasteiger partial charge in [-0.1, -0.05) is 143 Å². The van der Waals surface area contributed by atoms with Crippen LogP contribution in [0.5, 0.6) is 0 Å². The van der Waals surface area contributed by atoms with E-state index < -0.39 is 8.07 Å². The lowest BCUT2D eigenvalue weighted by molar-refractivity contribution is 1.68. The maximum absolute atomic E-state index is 2.58. The molecule has 0 aliphatic rings. The Labute approximate surface area is 189 Å². The minimum absolute atomic E-state index is 1.35. The first kappa shape index (κ1) is 18.9. The molecule has 1 heteroatoms. The Morgan fingerprint density at radius 2 is 0.656 bits per heavy atom. The lowest BCUT2D eigenvalue weighted by atomic mass is 10.2. The first-order chi connectivity index (χ1) is 15.9. The normalized spacial score (nSPS) is 11.8. The monoisotopic (exact) mass is 423 g/mol. The van der Waals surface area contributed by atoms with Gasteiger partial charge in [0.25, 0.3) is 0 Å². The summed E-state index contributed by atoms with van der Waals surface area (Å²) in [6.07, 6.45) is 0. The third-order valence-corrected chi connectivity index (χ3v) is 11.6. The minimum atomic E-state index is -2.58. The summed E-state index contributed by atoms with van der Waals surface area (Å²) in [5.74, 6) is 0. The van der Waals surface area contributed by atoms with Crippen LogP contribution in [-0.2, 0) is 0 Å². The van der Waals surface area contributed by atoms with E-state index in [1.807, 2.05) is 0 Å². The summed E-state index contributed by atoms with van der Waals surface area (Å²) >= 11 is 0. The van der Waals surface area contributed by atoms with Crippen LogP contribution in [0.25, 0.3) is 21.5 Å². The molecule has 6 aromatic rings. The van der Waals surface area contributed by atoms with Gasteiger partial charge in [-0.3, -0.25) is 0 Å². The van der Waals surface area contributed by atoms with Crippen LogP contribution in [0, 0.1) is 0 Å². The first-order valence-corrected chi connectivity index (χ1v) is 13.1. The number of fused-ring (bicyclic) bond motifs is 3. The van der Waals surface area contributed by atoms with Crippen LogP contribution in [0.3, 0.4) is 0 Å². The van der Waals surface area contributed by atoms with Crippen LogP contribution in [0.1, 0.15) is 0 Å². The molecule has 0 heterocycles. The molecule has 0 atom stereocenters. The van der Waals surface area contributed by atoms with Crippen LogP contribution >= 0.6 is 0 Å². The third-order valence-electron chi connectivity index (χ3n) is 6.68. The molecule has 152 valence electrons. The molecule has 0 bridgehead atoms. The molecule has 0 unspecified atom stereocenters. The van der Waals surface area contributed by atoms with Crippen LogP contribution in [0.2, 0.25) is 0 Å². The van der Waals surface area contributed by atoms with Crippen molar-refractivity contribution in [2.24, 2.45) is 0 Å². The highest BCUT2D eigenvalue weighted by Crippen LogP contribution is 2.29. The fourth-order valence-electron chi connectivity index (χ4n) is 5.42. The molecule has 0 aromatic heterocycles. The average Bonchev–Trinajstić information content (AvgIpc) is 3.22. The van der Waals surface area contributed by atoms with E-state index >= 15 is 0 Å². The Bertz CT molecular complexity index is 1350. The summed E-state index contributed by atoms with van der Waals surface area (Å²) in [7, 11) is -2.58. The molecule has 0 radical (unpaired) electrons. The maximum atomic E-state index is 2.34.